The fourth-order valence-corrected chi connectivity index (χ4v) is 2.33. The number of H-pyrrole nitrogens is 1. The van der Waals surface area contributed by atoms with Gasteiger partial charge in [0.05, 0.1) is 12.8 Å². The largest absolute Gasteiger partial charge is 0.496 e. The van der Waals surface area contributed by atoms with Gasteiger partial charge in [0, 0.05) is 17.5 Å². The number of ether oxygens (including phenoxy) is 1. The van der Waals surface area contributed by atoms with E-state index in [2.05, 4.69) is 9.97 Å². The molecule has 4 heteroatoms. The molecule has 0 unspecified atom stereocenters. The Morgan fingerprint density at radius 3 is 2.52 bits per heavy atom. The first-order chi connectivity index (χ1) is 10.3. The zero-order valence-electron chi connectivity index (χ0n) is 11.8. The fraction of sp³-hybridized carbons (Fsp3) is 0.118. The van der Waals surface area contributed by atoms with Gasteiger partial charge in [-0.1, -0.05) is 48.5 Å². The lowest BCUT2D eigenvalue weighted by molar-refractivity contribution is 0.410. The van der Waals surface area contributed by atoms with Crippen LogP contribution < -0.4 is 10.5 Å². The van der Waals surface area contributed by atoms with Gasteiger partial charge in [0.2, 0.25) is 0 Å². The van der Waals surface area contributed by atoms with Crippen molar-refractivity contribution in [3.8, 4) is 17.1 Å². The Bertz CT molecular complexity index is 735. The van der Waals surface area contributed by atoms with Crippen LogP contribution in [0.3, 0.4) is 0 Å². The number of anilines is 1. The summed E-state index contributed by atoms with van der Waals surface area (Å²) in [6.45, 7) is 0. The van der Waals surface area contributed by atoms with E-state index in [1.165, 1.54) is 0 Å². The number of imidazole rings is 1. The van der Waals surface area contributed by atoms with Crippen molar-refractivity contribution in [2.24, 2.45) is 0 Å². The van der Waals surface area contributed by atoms with Crippen molar-refractivity contribution < 1.29 is 4.74 Å². The minimum Gasteiger partial charge on any atom is -0.496 e. The molecule has 0 saturated carbocycles. The van der Waals surface area contributed by atoms with Gasteiger partial charge in [-0.3, -0.25) is 0 Å². The average molecular weight is 279 g/mol. The lowest BCUT2D eigenvalue weighted by Crippen LogP contribution is -1.97. The second-order valence-electron chi connectivity index (χ2n) is 4.80. The van der Waals surface area contributed by atoms with Gasteiger partial charge in [0.25, 0.3) is 0 Å². The third kappa shape index (κ3) is 2.74. The average Bonchev–Trinajstić information content (AvgIpc) is 2.90. The quantitative estimate of drug-likeness (QED) is 0.770. The molecule has 0 aliphatic carbocycles. The van der Waals surface area contributed by atoms with Crippen LogP contribution in [-0.4, -0.2) is 17.1 Å². The van der Waals surface area contributed by atoms with E-state index in [0.717, 1.165) is 28.4 Å². The predicted octanol–water partition coefficient (Wildman–Crippen LogP) is 3.26. The van der Waals surface area contributed by atoms with Crippen LogP contribution in [0.1, 0.15) is 11.3 Å². The van der Waals surface area contributed by atoms with E-state index < -0.39 is 0 Å². The summed E-state index contributed by atoms with van der Waals surface area (Å²) in [6.07, 6.45) is 0.662. The van der Waals surface area contributed by atoms with E-state index in [0.29, 0.717) is 12.2 Å². The molecular weight excluding hydrogens is 262 g/mol. The number of hydrogen-bond donors (Lipinski definition) is 2. The van der Waals surface area contributed by atoms with E-state index in [9.17, 15) is 0 Å². The summed E-state index contributed by atoms with van der Waals surface area (Å²) in [4.78, 5) is 7.72. The summed E-state index contributed by atoms with van der Waals surface area (Å²) >= 11 is 0. The smallest absolute Gasteiger partial charge is 0.145 e. The Kier molecular flexibility index (Phi) is 3.60. The van der Waals surface area contributed by atoms with Crippen molar-refractivity contribution in [3.05, 3.63) is 65.9 Å². The monoisotopic (exact) mass is 279 g/mol. The third-order valence-electron chi connectivity index (χ3n) is 3.42. The Morgan fingerprint density at radius 2 is 1.76 bits per heavy atom. The van der Waals surface area contributed by atoms with Crippen LogP contribution in [0.4, 0.5) is 5.82 Å². The number of rotatable bonds is 4. The molecule has 0 bridgehead atoms. The molecule has 3 aromatic rings. The highest BCUT2D eigenvalue weighted by Crippen LogP contribution is 2.25. The maximum absolute atomic E-state index is 6.03. The zero-order valence-corrected chi connectivity index (χ0v) is 11.8. The number of aromatic amines is 1. The molecule has 0 radical (unpaired) electrons. The van der Waals surface area contributed by atoms with Crippen molar-refractivity contribution in [2.45, 2.75) is 6.42 Å². The van der Waals surface area contributed by atoms with Gasteiger partial charge in [-0.15, -0.1) is 0 Å². The van der Waals surface area contributed by atoms with Crippen LogP contribution in [0.15, 0.2) is 54.6 Å². The predicted molar refractivity (Wildman–Crippen MR) is 84.2 cm³/mol. The van der Waals surface area contributed by atoms with Crippen LogP contribution in [0.2, 0.25) is 0 Å². The second-order valence-corrected chi connectivity index (χ2v) is 4.80. The first kappa shape index (κ1) is 13.2. The summed E-state index contributed by atoms with van der Waals surface area (Å²) in [5.74, 6) is 2.17. The van der Waals surface area contributed by atoms with Crippen LogP contribution in [-0.2, 0) is 6.42 Å². The number of benzene rings is 2. The highest BCUT2D eigenvalue weighted by Gasteiger charge is 2.11. The molecule has 0 fully saturated rings. The topological polar surface area (TPSA) is 63.9 Å². The van der Waals surface area contributed by atoms with Crippen LogP contribution >= 0.6 is 0 Å². The number of aromatic nitrogens is 2. The van der Waals surface area contributed by atoms with E-state index in [4.69, 9.17) is 10.5 Å². The lowest BCUT2D eigenvalue weighted by atomic mass is 10.1. The molecule has 21 heavy (non-hydrogen) atoms. The molecule has 1 heterocycles. The van der Waals surface area contributed by atoms with E-state index in [-0.39, 0.29) is 0 Å². The highest BCUT2D eigenvalue weighted by molar-refractivity contribution is 5.59. The van der Waals surface area contributed by atoms with Crippen molar-refractivity contribution in [1.29, 1.82) is 0 Å². The minimum absolute atomic E-state index is 0.528. The molecule has 1 aromatic heterocycles. The Hall–Kier alpha value is -2.75. The Labute approximate surface area is 123 Å². The maximum atomic E-state index is 6.03. The first-order valence-electron chi connectivity index (χ1n) is 6.79. The zero-order chi connectivity index (χ0) is 14.7. The molecular formula is C17H17N3O. The molecule has 0 spiro atoms. The number of hydrogen-bond acceptors (Lipinski definition) is 3. The number of nitrogen functional groups attached to an aromatic ring is 1. The molecule has 3 N–H and O–H groups in total. The van der Waals surface area contributed by atoms with Crippen molar-refractivity contribution in [2.75, 3.05) is 12.8 Å². The van der Waals surface area contributed by atoms with Gasteiger partial charge in [-0.05, 0) is 6.07 Å². The van der Waals surface area contributed by atoms with Crippen LogP contribution in [0.25, 0.3) is 11.4 Å². The number of nitrogens with zero attached hydrogens (tertiary/aromatic N) is 1. The van der Waals surface area contributed by atoms with E-state index in [1.807, 2.05) is 54.6 Å². The first-order valence-corrected chi connectivity index (χ1v) is 6.79. The molecule has 3 rings (SSSR count). The second kappa shape index (κ2) is 5.71. The van der Waals surface area contributed by atoms with Gasteiger partial charge in [-0.25, -0.2) is 4.98 Å². The van der Waals surface area contributed by atoms with E-state index >= 15 is 0 Å². The molecule has 2 aromatic carbocycles. The van der Waals surface area contributed by atoms with Gasteiger partial charge >= 0.3 is 0 Å². The molecule has 4 nitrogen and oxygen atoms in total. The molecule has 106 valence electrons. The standard InChI is InChI=1S/C17H17N3O/c1-21-15-10-6-5-9-13(15)11-14-16(18)20-17(19-14)12-7-3-2-4-8-12/h2-10H,11,18H2,1H3,(H,19,20). The Balaban J connectivity index is 1.92. The number of nitrogens with one attached hydrogen (secondary N) is 1. The van der Waals surface area contributed by atoms with Crippen molar-refractivity contribution in [3.63, 3.8) is 0 Å². The summed E-state index contributed by atoms with van der Waals surface area (Å²) in [5, 5.41) is 0. The maximum Gasteiger partial charge on any atom is 0.145 e. The highest BCUT2D eigenvalue weighted by atomic mass is 16.5. The normalized spacial score (nSPS) is 10.5. The molecule has 0 saturated heterocycles. The number of para-hydroxylation sites is 1. The summed E-state index contributed by atoms with van der Waals surface area (Å²) in [6, 6.07) is 17.9. The third-order valence-corrected chi connectivity index (χ3v) is 3.42. The molecule has 0 aliphatic rings. The summed E-state index contributed by atoms with van der Waals surface area (Å²) in [7, 11) is 1.67. The SMILES string of the molecule is COc1ccccc1Cc1[nH]c(-c2ccccc2)nc1N. The number of nitrogens with two attached hydrogens (primary N) is 1. The summed E-state index contributed by atoms with van der Waals surface area (Å²) < 4.78 is 5.37. The van der Waals surface area contributed by atoms with Gasteiger partial charge in [0.15, 0.2) is 0 Å². The van der Waals surface area contributed by atoms with Crippen molar-refractivity contribution in [1.82, 2.24) is 9.97 Å². The molecule has 0 amide bonds. The number of methoxy groups -OCH3 is 1. The molecule has 0 aliphatic heterocycles. The van der Waals surface area contributed by atoms with Crippen molar-refractivity contribution >= 4 is 5.82 Å². The Morgan fingerprint density at radius 1 is 1.05 bits per heavy atom. The minimum atomic E-state index is 0.528. The van der Waals surface area contributed by atoms with E-state index in [1.54, 1.807) is 7.11 Å². The van der Waals surface area contributed by atoms with Crippen LogP contribution in [0, 0.1) is 0 Å². The summed E-state index contributed by atoms with van der Waals surface area (Å²) in [5.41, 5.74) is 9.04. The molecule has 0 atom stereocenters. The van der Waals surface area contributed by atoms with Crippen LogP contribution in [0.5, 0.6) is 5.75 Å². The lowest BCUT2D eigenvalue weighted by Gasteiger charge is -2.07. The van der Waals surface area contributed by atoms with Gasteiger partial charge < -0.3 is 15.5 Å². The van der Waals surface area contributed by atoms with Gasteiger partial charge in [-0.2, -0.15) is 0 Å². The fourth-order valence-electron chi connectivity index (χ4n) is 2.33. The van der Waals surface area contributed by atoms with Gasteiger partial charge in [0.1, 0.15) is 17.4 Å².